The lowest BCUT2D eigenvalue weighted by atomic mass is 10.1. The van der Waals surface area contributed by atoms with Crippen molar-refractivity contribution in [2.75, 3.05) is 11.9 Å². The second-order valence-corrected chi connectivity index (χ2v) is 6.25. The zero-order valence-electron chi connectivity index (χ0n) is 16.3. The third kappa shape index (κ3) is 6.12. The molecule has 7 heteroatoms. The molecule has 28 heavy (non-hydrogen) atoms. The van der Waals surface area contributed by atoms with Crippen molar-refractivity contribution in [2.45, 2.75) is 33.6 Å². The molecule has 148 valence electrons. The number of anilines is 1. The SMILES string of the molecule is CCOc1cc(C=NNC(=O)CCC(=O)Nc2cccc(C)c2C)ccc1O. The van der Waals surface area contributed by atoms with Gasteiger partial charge in [0.05, 0.1) is 12.8 Å². The Morgan fingerprint density at radius 2 is 1.89 bits per heavy atom. The minimum Gasteiger partial charge on any atom is -0.504 e. The summed E-state index contributed by atoms with van der Waals surface area (Å²) in [7, 11) is 0. The van der Waals surface area contributed by atoms with Gasteiger partial charge in [0.1, 0.15) is 0 Å². The molecule has 0 bridgehead atoms. The van der Waals surface area contributed by atoms with Crippen LogP contribution < -0.4 is 15.5 Å². The molecule has 0 saturated heterocycles. The van der Waals surface area contributed by atoms with Crippen LogP contribution in [0.5, 0.6) is 11.5 Å². The van der Waals surface area contributed by atoms with E-state index in [1.54, 1.807) is 12.1 Å². The van der Waals surface area contributed by atoms with Gasteiger partial charge in [0, 0.05) is 18.5 Å². The van der Waals surface area contributed by atoms with Gasteiger partial charge in [-0.1, -0.05) is 12.1 Å². The molecule has 0 heterocycles. The molecule has 0 aromatic heterocycles. The molecular weight excluding hydrogens is 358 g/mol. The van der Waals surface area contributed by atoms with Crippen molar-refractivity contribution < 1.29 is 19.4 Å². The summed E-state index contributed by atoms with van der Waals surface area (Å²) in [5.41, 5.74) is 5.89. The van der Waals surface area contributed by atoms with Crippen LogP contribution in [0.4, 0.5) is 5.69 Å². The summed E-state index contributed by atoms with van der Waals surface area (Å²) in [5, 5.41) is 16.3. The minimum absolute atomic E-state index is 0.0216. The number of ether oxygens (including phenoxy) is 1. The van der Waals surface area contributed by atoms with E-state index < -0.39 is 0 Å². The van der Waals surface area contributed by atoms with Crippen molar-refractivity contribution in [3.05, 3.63) is 53.1 Å². The highest BCUT2D eigenvalue weighted by Crippen LogP contribution is 2.26. The monoisotopic (exact) mass is 383 g/mol. The lowest BCUT2D eigenvalue weighted by molar-refractivity contribution is -0.124. The molecular formula is C21H25N3O4. The molecule has 3 N–H and O–H groups in total. The van der Waals surface area contributed by atoms with Gasteiger partial charge in [-0.2, -0.15) is 5.10 Å². The third-order valence-electron chi connectivity index (χ3n) is 4.14. The van der Waals surface area contributed by atoms with E-state index >= 15 is 0 Å². The van der Waals surface area contributed by atoms with Gasteiger partial charge in [-0.05, 0) is 61.7 Å². The van der Waals surface area contributed by atoms with Crippen LogP contribution in [0.2, 0.25) is 0 Å². The Labute approximate surface area is 164 Å². The van der Waals surface area contributed by atoms with Crippen LogP contribution in [0.25, 0.3) is 0 Å². The van der Waals surface area contributed by atoms with Gasteiger partial charge in [-0.3, -0.25) is 9.59 Å². The van der Waals surface area contributed by atoms with Crippen LogP contribution in [0, 0.1) is 13.8 Å². The van der Waals surface area contributed by atoms with Gasteiger partial charge in [-0.25, -0.2) is 5.43 Å². The predicted octanol–water partition coefficient (Wildman–Crippen LogP) is 3.28. The normalized spacial score (nSPS) is 10.7. The summed E-state index contributed by atoms with van der Waals surface area (Å²) < 4.78 is 5.29. The summed E-state index contributed by atoms with van der Waals surface area (Å²) in [5.74, 6) is -0.206. The van der Waals surface area contributed by atoms with Crippen molar-refractivity contribution in [3.63, 3.8) is 0 Å². The van der Waals surface area contributed by atoms with Crippen LogP contribution in [0.1, 0.15) is 36.5 Å². The maximum Gasteiger partial charge on any atom is 0.240 e. The molecule has 0 saturated carbocycles. The topological polar surface area (TPSA) is 100 Å². The maximum atomic E-state index is 12.0. The van der Waals surface area contributed by atoms with Gasteiger partial charge in [0.15, 0.2) is 11.5 Å². The molecule has 2 aromatic carbocycles. The fourth-order valence-electron chi connectivity index (χ4n) is 2.44. The summed E-state index contributed by atoms with van der Waals surface area (Å²) in [4.78, 5) is 23.9. The van der Waals surface area contributed by atoms with E-state index in [1.165, 1.54) is 12.3 Å². The smallest absolute Gasteiger partial charge is 0.240 e. The quantitative estimate of drug-likeness (QED) is 0.481. The first kappa shape index (κ1) is 21.0. The van der Waals surface area contributed by atoms with Gasteiger partial charge in [0.2, 0.25) is 11.8 Å². The Hall–Kier alpha value is -3.35. The van der Waals surface area contributed by atoms with Gasteiger partial charge in [-0.15, -0.1) is 0 Å². The summed E-state index contributed by atoms with van der Waals surface area (Å²) >= 11 is 0. The number of phenols is 1. The number of aromatic hydroxyl groups is 1. The largest absolute Gasteiger partial charge is 0.504 e. The van der Waals surface area contributed by atoms with Crippen LogP contribution >= 0.6 is 0 Å². The number of phenolic OH excluding ortho intramolecular Hbond substituents is 1. The molecule has 0 aliphatic carbocycles. The van der Waals surface area contributed by atoms with Crippen molar-refractivity contribution in [1.29, 1.82) is 0 Å². The number of nitrogens with zero attached hydrogens (tertiary/aromatic N) is 1. The van der Waals surface area contributed by atoms with Crippen molar-refractivity contribution in [1.82, 2.24) is 5.43 Å². The molecule has 2 aromatic rings. The maximum absolute atomic E-state index is 12.0. The Morgan fingerprint density at radius 1 is 1.14 bits per heavy atom. The van der Waals surface area contributed by atoms with Crippen molar-refractivity contribution >= 4 is 23.7 Å². The highest BCUT2D eigenvalue weighted by atomic mass is 16.5. The number of amides is 2. The van der Waals surface area contributed by atoms with Crippen molar-refractivity contribution in [2.24, 2.45) is 5.10 Å². The van der Waals surface area contributed by atoms with Gasteiger partial charge in [0.25, 0.3) is 0 Å². The number of benzene rings is 2. The first-order valence-corrected chi connectivity index (χ1v) is 9.04. The molecule has 2 rings (SSSR count). The van der Waals surface area contributed by atoms with E-state index in [4.69, 9.17) is 4.74 Å². The van der Waals surface area contributed by atoms with E-state index in [9.17, 15) is 14.7 Å². The van der Waals surface area contributed by atoms with Crippen LogP contribution in [-0.4, -0.2) is 29.7 Å². The fraction of sp³-hybridized carbons (Fsp3) is 0.286. The molecule has 7 nitrogen and oxygen atoms in total. The number of rotatable bonds is 8. The van der Waals surface area contributed by atoms with E-state index in [1.807, 2.05) is 39.0 Å². The zero-order valence-corrected chi connectivity index (χ0v) is 16.3. The second-order valence-electron chi connectivity index (χ2n) is 6.25. The molecule has 0 spiro atoms. The molecule has 0 radical (unpaired) electrons. The number of nitrogens with one attached hydrogen (secondary N) is 2. The molecule has 2 amide bonds. The Balaban J connectivity index is 1.81. The molecule has 0 unspecified atom stereocenters. The number of hydrogen-bond donors (Lipinski definition) is 3. The standard InChI is InChI=1S/C21H25N3O4/c1-4-28-19-12-16(8-9-18(19)25)13-22-24-21(27)11-10-20(26)23-17-7-5-6-14(2)15(17)3/h5-9,12-13,25H,4,10-11H2,1-3H3,(H,23,26)(H,24,27). The second kappa shape index (κ2) is 10.1. The van der Waals surface area contributed by atoms with Gasteiger partial charge < -0.3 is 15.2 Å². The number of hydrogen-bond acceptors (Lipinski definition) is 5. The van der Waals surface area contributed by atoms with E-state index in [-0.39, 0.29) is 30.4 Å². The summed E-state index contributed by atoms with van der Waals surface area (Å²) in [6.45, 7) is 6.15. The first-order chi connectivity index (χ1) is 13.4. The van der Waals surface area contributed by atoms with Crippen LogP contribution in [0.15, 0.2) is 41.5 Å². The van der Waals surface area contributed by atoms with E-state index in [2.05, 4.69) is 15.8 Å². The lowest BCUT2D eigenvalue weighted by Crippen LogP contribution is -2.21. The average Bonchev–Trinajstić information content (AvgIpc) is 2.66. The van der Waals surface area contributed by atoms with Crippen LogP contribution in [0.3, 0.4) is 0 Å². The Morgan fingerprint density at radius 3 is 2.64 bits per heavy atom. The zero-order chi connectivity index (χ0) is 20.5. The minimum atomic E-state index is -0.365. The van der Waals surface area contributed by atoms with Gasteiger partial charge >= 0.3 is 0 Å². The number of carbonyl (C=O) groups excluding carboxylic acids is 2. The van der Waals surface area contributed by atoms with E-state index in [0.29, 0.717) is 17.9 Å². The average molecular weight is 383 g/mol. The Bertz CT molecular complexity index is 878. The van der Waals surface area contributed by atoms with Crippen LogP contribution in [-0.2, 0) is 9.59 Å². The summed E-state index contributed by atoms with van der Waals surface area (Å²) in [6, 6.07) is 10.4. The lowest BCUT2D eigenvalue weighted by Gasteiger charge is -2.10. The highest BCUT2D eigenvalue weighted by Gasteiger charge is 2.09. The number of carbonyl (C=O) groups is 2. The molecule has 0 aliphatic rings. The Kier molecular flexibility index (Phi) is 7.56. The predicted molar refractivity (Wildman–Crippen MR) is 109 cm³/mol. The fourth-order valence-corrected chi connectivity index (χ4v) is 2.44. The molecule has 0 fully saturated rings. The summed E-state index contributed by atoms with van der Waals surface area (Å²) in [6.07, 6.45) is 1.52. The van der Waals surface area contributed by atoms with Crippen molar-refractivity contribution in [3.8, 4) is 11.5 Å². The third-order valence-corrected chi connectivity index (χ3v) is 4.14. The molecule has 0 aliphatic heterocycles. The number of aryl methyl sites for hydroxylation is 1. The van der Waals surface area contributed by atoms with E-state index in [0.717, 1.165) is 16.8 Å². The molecule has 0 atom stereocenters. The highest BCUT2D eigenvalue weighted by molar-refractivity contribution is 5.94. The first-order valence-electron chi connectivity index (χ1n) is 9.04. The number of hydrazone groups is 1.